The SMILES string of the molecule is C1=CCC2Oc3ccc(-c4nc(-c5ccccc5)nc5ccccc45)cc3C3(C2=C1)C1=C(C=CCC1)c1ccccc13. The lowest BCUT2D eigenvalue weighted by atomic mass is 9.61. The zero-order valence-corrected chi connectivity index (χ0v) is 23.1. The Labute approximate surface area is 245 Å². The lowest BCUT2D eigenvalue weighted by Gasteiger charge is -2.46. The molecule has 1 spiro atoms. The summed E-state index contributed by atoms with van der Waals surface area (Å²) < 4.78 is 6.80. The monoisotopic (exact) mass is 540 g/mol. The average molecular weight is 541 g/mol. The van der Waals surface area contributed by atoms with Gasteiger partial charge < -0.3 is 4.74 Å². The van der Waals surface area contributed by atoms with Gasteiger partial charge in [0.05, 0.1) is 16.6 Å². The standard InChI is InChI=1S/C39H28N2O/c1-2-12-25(13-3-1)38-40-34-20-10-6-16-29(34)37(41-38)26-22-23-36-33(24-26)39(32-19-9-11-21-35(32)42-36)30-17-7-4-14-27(30)28-15-5-8-18-31(28)39/h1-7,9-17,19-20,22-24,35H,8,18,21H2. The second kappa shape index (κ2) is 8.99. The molecular weight excluding hydrogens is 512 g/mol. The Bertz CT molecular complexity index is 2050. The van der Waals surface area contributed by atoms with Crippen LogP contribution >= 0.6 is 0 Å². The molecule has 3 aliphatic carbocycles. The van der Waals surface area contributed by atoms with E-state index in [1.54, 1.807) is 0 Å². The van der Waals surface area contributed by atoms with Gasteiger partial charge in [0, 0.05) is 28.5 Å². The number of fused-ring (bicyclic) bond motifs is 9. The smallest absolute Gasteiger partial charge is 0.160 e. The van der Waals surface area contributed by atoms with E-state index in [9.17, 15) is 0 Å². The van der Waals surface area contributed by atoms with Gasteiger partial charge >= 0.3 is 0 Å². The minimum Gasteiger partial charge on any atom is -0.485 e. The number of rotatable bonds is 2. The molecular formula is C39H28N2O. The molecule has 0 bridgehead atoms. The number of benzene rings is 4. The van der Waals surface area contributed by atoms with E-state index in [4.69, 9.17) is 14.7 Å². The first-order valence-corrected chi connectivity index (χ1v) is 14.8. The van der Waals surface area contributed by atoms with Gasteiger partial charge in [-0.1, -0.05) is 103 Å². The van der Waals surface area contributed by atoms with Crippen molar-refractivity contribution in [2.45, 2.75) is 30.8 Å². The quantitative estimate of drug-likeness (QED) is 0.224. The van der Waals surface area contributed by atoms with Crippen molar-refractivity contribution >= 4 is 16.5 Å². The molecule has 4 aliphatic rings. The van der Waals surface area contributed by atoms with E-state index < -0.39 is 0 Å². The number of ether oxygens (including phenoxy) is 1. The summed E-state index contributed by atoms with van der Waals surface area (Å²) in [6, 6.07) is 34.3. The zero-order valence-electron chi connectivity index (χ0n) is 23.1. The minimum absolute atomic E-state index is 0.0173. The molecule has 1 aromatic heterocycles. The van der Waals surface area contributed by atoms with Gasteiger partial charge in [-0.3, -0.25) is 0 Å². The second-order valence-corrected chi connectivity index (χ2v) is 11.5. The van der Waals surface area contributed by atoms with E-state index >= 15 is 0 Å². The Hall–Kier alpha value is -5.02. The van der Waals surface area contributed by atoms with Crippen LogP contribution in [0.3, 0.4) is 0 Å². The van der Waals surface area contributed by atoms with E-state index in [1.165, 1.54) is 33.4 Å². The van der Waals surface area contributed by atoms with Crippen LogP contribution in [0.25, 0.3) is 39.1 Å². The van der Waals surface area contributed by atoms with E-state index in [0.29, 0.717) is 0 Å². The average Bonchev–Trinajstić information content (AvgIpc) is 3.36. The van der Waals surface area contributed by atoms with Crippen molar-refractivity contribution in [3.05, 3.63) is 155 Å². The van der Waals surface area contributed by atoms with Crippen molar-refractivity contribution in [1.29, 1.82) is 0 Å². The highest BCUT2D eigenvalue weighted by Crippen LogP contribution is 2.62. The fourth-order valence-electron chi connectivity index (χ4n) is 7.63. The summed E-state index contributed by atoms with van der Waals surface area (Å²) in [4.78, 5) is 10.2. The maximum atomic E-state index is 6.80. The second-order valence-electron chi connectivity index (χ2n) is 11.5. The zero-order chi connectivity index (χ0) is 27.7. The van der Waals surface area contributed by atoms with Crippen molar-refractivity contribution < 1.29 is 4.74 Å². The van der Waals surface area contributed by atoms with E-state index in [-0.39, 0.29) is 11.5 Å². The Morgan fingerprint density at radius 3 is 2.57 bits per heavy atom. The van der Waals surface area contributed by atoms with Gasteiger partial charge in [0.1, 0.15) is 11.9 Å². The topological polar surface area (TPSA) is 35.0 Å². The maximum Gasteiger partial charge on any atom is 0.160 e. The number of hydrogen-bond donors (Lipinski definition) is 0. The highest BCUT2D eigenvalue weighted by Gasteiger charge is 2.54. The first-order valence-electron chi connectivity index (χ1n) is 14.8. The highest BCUT2D eigenvalue weighted by atomic mass is 16.5. The van der Waals surface area contributed by atoms with Crippen molar-refractivity contribution in [3.8, 4) is 28.4 Å². The molecule has 2 atom stereocenters. The maximum absolute atomic E-state index is 6.80. The Balaban J connectivity index is 1.35. The third-order valence-electron chi connectivity index (χ3n) is 9.35. The summed E-state index contributed by atoms with van der Waals surface area (Å²) in [6.45, 7) is 0. The first kappa shape index (κ1) is 23.7. The third kappa shape index (κ3) is 3.22. The molecule has 0 fully saturated rings. The van der Waals surface area contributed by atoms with Crippen LogP contribution in [0.2, 0.25) is 0 Å². The Kier molecular flexibility index (Phi) is 5.06. The molecule has 0 amide bonds. The van der Waals surface area contributed by atoms with E-state index in [2.05, 4.69) is 103 Å². The highest BCUT2D eigenvalue weighted by molar-refractivity contribution is 5.95. The van der Waals surface area contributed by atoms with Crippen LogP contribution in [0.5, 0.6) is 5.75 Å². The van der Waals surface area contributed by atoms with Crippen LogP contribution < -0.4 is 4.74 Å². The van der Waals surface area contributed by atoms with Gasteiger partial charge in [-0.15, -0.1) is 0 Å². The number of nitrogens with zero attached hydrogens (tertiary/aromatic N) is 2. The van der Waals surface area contributed by atoms with Crippen molar-refractivity contribution in [2.24, 2.45) is 0 Å². The number of para-hydroxylation sites is 1. The number of aromatic nitrogens is 2. The predicted molar refractivity (Wildman–Crippen MR) is 169 cm³/mol. The Morgan fingerprint density at radius 2 is 1.62 bits per heavy atom. The molecule has 42 heavy (non-hydrogen) atoms. The lowest BCUT2D eigenvalue weighted by molar-refractivity contribution is 0.203. The van der Waals surface area contributed by atoms with Crippen LogP contribution in [0, 0.1) is 0 Å². The summed E-state index contributed by atoms with van der Waals surface area (Å²) in [6.07, 6.45) is 14.4. The summed E-state index contributed by atoms with van der Waals surface area (Å²) in [5.41, 5.74) is 11.8. The van der Waals surface area contributed by atoms with Gasteiger partial charge in [0.2, 0.25) is 0 Å². The van der Waals surface area contributed by atoms with Gasteiger partial charge in [-0.05, 0) is 65.0 Å². The summed E-state index contributed by atoms with van der Waals surface area (Å²) >= 11 is 0. The van der Waals surface area contributed by atoms with Gasteiger partial charge in [0.15, 0.2) is 5.82 Å². The van der Waals surface area contributed by atoms with Crippen LogP contribution in [0.4, 0.5) is 0 Å². The number of hydrogen-bond acceptors (Lipinski definition) is 3. The molecule has 200 valence electrons. The molecule has 0 N–H and O–H groups in total. The van der Waals surface area contributed by atoms with Gasteiger partial charge in [0.25, 0.3) is 0 Å². The van der Waals surface area contributed by atoms with Gasteiger partial charge in [-0.2, -0.15) is 0 Å². The molecule has 4 aromatic carbocycles. The predicted octanol–water partition coefficient (Wildman–Crippen LogP) is 9.01. The van der Waals surface area contributed by atoms with Crippen LogP contribution in [-0.2, 0) is 5.41 Å². The summed E-state index contributed by atoms with van der Waals surface area (Å²) in [5.74, 6) is 1.71. The molecule has 0 saturated heterocycles. The molecule has 2 heterocycles. The van der Waals surface area contributed by atoms with Gasteiger partial charge in [-0.25, -0.2) is 9.97 Å². The number of allylic oxidation sites excluding steroid dienone is 6. The largest absolute Gasteiger partial charge is 0.485 e. The Morgan fingerprint density at radius 1 is 0.762 bits per heavy atom. The van der Waals surface area contributed by atoms with E-state index in [0.717, 1.165) is 58.6 Å². The van der Waals surface area contributed by atoms with E-state index in [1.807, 2.05) is 24.3 Å². The summed E-state index contributed by atoms with van der Waals surface area (Å²) in [5, 5.41) is 1.05. The molecule has 0 radical (unpaired) electrons. The molecule has 1 aliphatic heterocycles. The van der Waals surface area contributed by atoms with Crippen LogP contribution in [0.15, 0.2) is 139 Å². The fourth-order valence-corrected chi connectivity index (χ4v) is 7.63. The van der Waals surface area contributed by atoms with Crippen LogP contribution in [-0.4, -0.2) is 16.1 Å². The molecule has 9 rings (SSSR count). The van der Waals surface area contributed by atoms with Crippen molar-refractivity contribution in [2.75, 3.05) is 0 Å². The normalized spacial score (nSPS) is 21.4. The molecule has 3 heteroatoms. The van der Waals surface area contributed by atoms with Crippen molar-refractivity contribution in [1.82, 2.24) is 9.97 Å². The lowest BCUT2D eigenvalue weighted by Crippen LogP contribution is -2.43. The molecule has 2 unspecified atom stereocenters. The minimum atomic E-state index is -0.360. The summed E-state index contributed by atoms with van der Waals surface area (Å²) in [7, 11) is 0. The third-order valence-corrected chi connectivity index (χ3v) is 9.35. The van der Waals surface area contributed by atoms with Crippen molar-refractivity contribution in [3.63, 3.8) is 0 Å². The van der Waals surface area contributed by atoms with Crippen LogP contribution in [0.1, 0.15) is 36.0 Å². The molecule has 0 saturated carbocycles. The molecule has 5 aromatic rings. The fraction of sp³-hybridized carbons (Fsp3) is 0.128. The first-order chi connectivity index (χ1) is 20.8. The molecule has 3 nitrogen and oxygen atoms in total.